The van der Waals surface area contributed by atoms with Gasteiger partial charge in [-0.05, 0) is 109 Å². The minimum absolute atomic E-state index is 0.0590. The Bertz CT molecular complexity index is 2040. The molecule has 1 aromatic rings. The van der Waals surface area contributed by atoms with E-state index >= 15 is 0 Å². The number of nitrogens with one attached hydrogen (secondary N) is 8. The molecular weight excluding hydrogens is 1130 g/mol. The van der Waals surface area contributed by atoms with Gasteiger partial charge in [0.15, 0.2) is 0 Å². The van der Waals surface area contributed by atoms with Gasteiger partial charge in [-0.15, -0.1) is 0 Å². The molecule has 0 aromatic heterocycles. The van der Waals surface area contributed by atoms with Gasteiger partial charge in [0, 0.05) is 117 Å². The molecule has 91 heavy (non-hydrogen) atoms. The number of hydrogen-bond acceptors (Lipinski definition) is 9. The maximum atomic E-state index is 11.3. The van der Waals surface area contributed by atoms with Gasteiger partial charge in [-0.25, -0.2) is 0 Å². The Kier molecular flexibility index (Phi) is 58.3. The van der Waals surface area contributed by atoms with Crippen LogP contribution in [0.2, 0.25) is 0 Å². The average molecular weight is 1280 g/mol. The van der Waals surface area contributed by atoms with E-state index in [9.17, 15) is 28.8 Å². The molecule has 15 heteroatoms. The van der Waals surface area contributed by atoms with Crippen LogP contribution in [0.1, 0.15) is 262 Å². The molecule has 3 fully saturated rings. The summed E-state index contributed by atoms with van der Waals surface area (Å²) < 4.78 is 0. The molecule has 0 saturated heterocycles. The molecule has 6 amide bonds. The second-order valence-electron chi connectivity index (χ2n) is 28.8. The summed E-state index contributed by atoms with van der Waals surface area (Å²) in [4.78, 5) is 68.9. The molecule has 1 aromatic carbocycles. The van der Waals surface area contributed by atoms with E-state index in [-0.39, 0.29) is 82.5 Å². The molecule has 0 aliphatic heterocycles. The standard InChI is InChI=1S/C11H21NO.C11H15NO.C10H19NO.C9H17NO.C8H17NO.C7H15NO.2C7H15N.C6H13N/c2*1-9(2)11(13)12-8-10-6-4-3-5-7-10;1-8(2)10(12)11-9-6-4-3-5-7-9;1-7(2)9(11)10-8-5-3-4-6-8;1-6(2)7(10)9-8(3,4)5;1-5(2)7(9)8-6(3)4;1-6(2)7(3)8(4)5;1-5-8-7(4)6(2)3;1-5(2)6(3)7-4/h9-10H,3-8H2,1-2H3,(H,12,13);3-7,9H,8H2,1-2H3,(H,12,13);8-9H,3-7H2,1-2H3,(H,11,12);7-8H,3-6H2,1-2H3,(H,10,11);6H,1-5H3,(H,9,10);5-6H,1-4H3,(H,8,9);6H,3H2,1-2,4-5H3;6,8H,4-5H2,1-3H3;5,7H,3H2,1-2,4H3. The molecule has 15 nitrogen and oxygen atoms in total. The third kappa shape index (κ3) is 60.7. The first kappa shape index (κ1) is 94.4. The van der Waals surface area contributed by atoms with E-state index in [0.717, 1.165) is 36.0 Å². The summed E-state index contributed by atoms with van der Waals surface area (Å²) in [7, 11) is 5.92. The van der Waals surface area contributed by atoms with Gasteiger partial charge in [-0.3, -0.25) is 28.8 Å². The summed E-state index contributed by atoms with van der Waals surface area (Å²) in [6.45, 7) is 61.6. The summed E-state index contributed by atoms with van der Waals surface area (Å²) in [6.07, 6.45) is 17.9. The Balaban J connectivity index is -0.000000307. The lowest BCUT2D eigenvalue weighted by molar-refractivity contribution is -0.126. The van der Waals surface area contributed by atoms with Crippen LogP contribution in [0, 0.1) is 59.2 Å². The highest BCUT2D eigenvalue weighted by Gasteiger charge is 2.20. The fourth-order valence-electron chi connectivity index (χ4n) is 8.08. The van der Waals surface area contributed by atoms with Gasteiger partial charge in [0.05, 0.1) is 0 Å². The first-order chi connectivity index (χ1) is 42.1. The van der Waals surface area contributed by atoms with E-state index in [0.29, 0.717) is 36.4 Å². The molecule has 0 atom stereocenters. The molecule has 0 spiro atoms. The topological polar surface area (TPSA) is 202 Å². The minimum Gasteiger partial charge on any atom is -0.392 e. The zero-order valence-corrected chi connectivity index (χ0v) is 63.9. The monoisotopic (exact) mass is 1280 g/mol. The molecule has 3 aliphatic rings. The quantitative estimate of drug-likeness (QED) is 0.0625. The zero-order valence-electron chi connectivity index (χ0n) is 63.9. The van der Waals surface area contributed by atoms with Gasteiger partial charge in [0.2, 0.25) is 35.4 Å². The molecule has 0 radical (unpaired) electrons. The van der Waals surface area contributed by atoms with Crippen molar-refractivity contribution in [2.45, 2.75) is 286 Å². The summed E-state index contributed by atoms with van der Waals surface area (Å²) in [5, 5.41) is 23.8. The first-order valence-electron chi connectivity index (χ1n) is 35.1. The van der Waals surface area contributed by atoms with E-state index in [1.807, 2.05) is 174 Å². The molecule has 3 saturated carbocycles. The Hall–Kier alpha value is -5.34. The number of carbonyl (C=O) groups is 6. The van der Waals surface area contributed by atoms with Crippen molar-refractivity contribution >= 4 is 35.4 Å². The zero-order chi connectivity index (χ0) is 71.6. The largest absolute Gasteiger partial charge is 0.392 e. The van der Waals surface area contributed by atoms with Crippen molar-refractivity contribution in [1.82, 2.24) is 47.4 Å². The predicted molar refractivity (Wildman–Crippen MR) is 392 cm³/mol. The fraction of sp³-hybridized carbons (Fsp3) is 0.763. The number of carbonyl (C=O) groups excluding carboxylic acids is 6. The highest BCUT2D eigenvalue weighted by atomic mass is 16.2. The number of amides is 6. The number of nitrogens with zero attached hydrogens (tertiary/aromatic N) is 1. The van der Waals surface area contributed by atoms with Crippen molar-refractivity contribution in [3.05, 3.63) is 72.7 Å². The van der Waals surface area contributed by atoms with E-state index in [2.05, 4.69) is 111 Å². The molecule has 0 heterocycles. The van der Waals surface area contributed by atoms with Crippen LogP contribution >= 0.6 is 0 Å². The van der Waals surface area contributed by atoms with Crippen LogP contribution in [-0.2, 0) is 35.3 Å². The van der Waals surface area contributed by atoms with Gasteiger partial charge in [0.25, 0.3) is 0 Å². The third-order valence-electron chi connectivity index (χ3n) is 14.7. The molecule has 8 N–H and O–H groups in total. The van der Waals surface area contributed by atoms with Crippen LogP contribution < -0.4 is 42.5 Å². The lowest BCUT2D eigenvalue weighted by Crippen LogP contribution is -2.42. The number of rotatable bonds is 20. The lowest BCUT2D eigenvalue weighted by atomic mass is 9.89. The van der Waals surface area contributed by atoms with Crippen LogP contribution in [0.5, 0.6) is 0 Å². The van der Waals surface area contributed by atoms with Crippen molar-refractivity contribution in [2.24, 2.45) is 59.2 Å². The van der Waals surface area contributed by atoms with Gasteiger partial charge >= 0.3 is 0 Å². The molecular formula is C76H147N9O6. The summed E-state index contributed by atoms with van der Waals surface area (Å²) >= 11 is 0. The fourth-order valence-corrected chi connectivity index (χ4v) is 8.08. The maximum Gasteiger partial charge on any atom is 0.222 e. The van der Waals surface area contributed by atoms with Crippen LogP contribution in [0.4, 0.5) is 0 Å². The molecule has 0 unspecified atom stereocenters. The van der Waals surface area contributed by atoms with Gasteiger partial charge in [0.1, 0.15) is 0 Å². The number of hydrogen-bond donors (Lipinski definition) is 8. The van der Waals surface area contributed by atoms with Crippen molar-refractivity contribution < 1.29 is 28.8 Å². The highest BCUT2D eigenvalue weighted by Crippen LogP contribution is 2.23. The van der Waals surface area contributed by atoms with Crippen molar-refractivity contribution in [1.29, 1.82) is 0 Å². The van der Waals surface area contributed by atoms with E-state index in [1.165, 1.54) is 95.6 Å². The predicted octanol–water partition coefficient (Wildman–Crippen LogP) is 15.7. The van der Waals surface area contributed by atoms with E-state index < -0.39 is 0 Å². The van der Waals surface area contributed by atoms with Crippen LogP contribution in [0.25, 0.3) is 0 Å². The molecule has 0 bridgehead atoms. The molecule has 4 rings (SSSR count). The minimum atomic E-state index is -0.0959. The Labute approximate surface area is 561 Å². The molecule has 3 aliphatic carbocycles. The Morgan fingerprint density at radius 1 is 0.462 bits per heavy atom. The van der Waals surface area contributed by atoms with Gasteiger partial charge < -0.3 is 47.4 Å². The summed E-state index contributed by atoms with van der Waals surface area (Å²) in [5.74, 6) is 4.05. The first-order valence-corrected chi connectivity index (χ1v) is 35.1. The normalized spacial score (nSPS) is 13.8. The van der Waals surface area contributed by atoms with Gasteiger partial charge in [-0.2, -0.15) is 0 Å². The second kappa shape index (κ2) is 56.2. The number of benzene rings is 1. The van der Waals surface area contributed by atoms with Gasteiger partial charge in [-0.1, -0.05) is 226 Å². The SMILES string of the molecule is C=C(C(C)C)N(C)C.C=C(NC)C(C)C.C=C(NCC)C(C)C.CC(C)C(=O)NC(C)(C)C.CC(C)C(=O)NC1CCCC1.CC(C)C(=O)NC1CCCCC1.CC(C)C(=O)NCC1CCCCC1.CC(C)C(=O)NCc1ccccc1.CC(C)NC(=O)C(C)C. The average Bonchev–Trinajstić information content (AvgIpc) is 3.92. The van der Waals surface area contributed by atoms with E-state index in [1.54, 1.807) is 0 Å². The highest BCUT2D eigenvalue weighted by molar-refractivity contribution is 5.80. The van der Waals surface area contributed by atoms with E-state index in [4.69, 9.17) is 0 Å². The number of allylic oxidation sites excluding steroid dienone is 3. The second-order valence-corrected chi connectivity index (χ2v) is 28.8. The smallest absolute Gasteiger partial charge is 0.222 e. The Morgan fingerprint density at radius 3 is 1.08 bits per heavy atom. The lowest BCUT2D eigenvalue weighted by Gasteiger charge is -2.23. The van der Waals surface area contributed by atoms with Crippen LogP contribution in [-0.4, -0.2) is 98.2 Å². The third-order valence-corrected chi connectivity index (χ3v) is 14.7. The Morgan fingerprint density at radius 2 is 0.824 bits per heavy atom. The van der Waals surface area contributed by atoms with Crippen molar-refractivity contribution in [3.8, 4) is 0 Å². The summed E-state index contributed by atoms with van der Waals surface area (Å²) in [5.41, 5.74) is 4.45. The van der Waals surface area contributed by atoms with Crippen LogP contribution in [0.15, 0.2) is 67.2 Å². The van der Waals surface area contributed by atoms with Crippen molar-refractivity contribution in [2.75, 3.05) is 34.2 Å². The van der Waals surface area contributed by atoms with Crippen LogP contribution in [0.3, 0.4) is 0 Å². The van der Waals surface area contributed by atoms with Crippen molar-refractivity contribution in [3.63, 3.8) is 0 Å². The molecule has 532 valence electrons. The maximum absolute atomic E-state index is 11.3. The summed E-state index contributed by atoms with van der Waals surface area (Å²) in [6, 6.07) is 11.1.